The van der Waals surface area contributed by atoms with Crippen molar-refractivity contribution in [3.05, 3.63) is 18.2 Å². The van der Waals surface area contributed by atoms with E-state index < -0.39 is 0 Å². The summed E-state index contributed by atoms with van der Waals surface area (Å²) in [6.07, 6.45) is 2.70. The largest absolute Gasteiger partial charge is 0.495 e. The van der Waals surface area contributed by atoms with Crippen LogP contribution in [-0.2, 0) is 0 Å². The number of rotatable bonds is 1. The first-order chi connectivity index (χ1) is 7.74. The van der Waals surface area contributed by atoms with E-state index in [4.69, 9.17) is 4.74 Å². The fraction of sp³-hybridized carbons (Fsp3) is 0.538. The van der Waals surface area contributed by atoms with Crippen molar-refractivity contribution < 1.29 is 4.74 Å². The van der Waals surface area contributed by atoms with Crippen molar-refractivity contribution in [1.29, 1.82) is 0 Å². The monoisotopic (exact) mass is 218 g/mol. The third kappa shape index (κ3) is 1.42. The maximum absolute atomic E-state index is 5.42. The predicted molar refractivity (Wildman–Crippen MR) is 66.4 cm³/mol. The summed E-state index contributed by atoms with van der Waals surface area (Å²) in [7, 11) is 3.90. The first-order valence-corrected chi connectivity index (χ1v) is 5.86. The average molecular weight is 218 g/mol. The summed E-state index contributed by atoms with van der Waals surface area (Å²) in [5, 5.41) is 3.56. The molecule has 1 aromatic rings. The van der Waals surface area contributed by atoms with Crippen molar-refractivity contribution >= 4 is 11.4 Å². The van der Waals surface area contributed by atoms with Crippen LogP contribution in [0.5, 0.6) is 5.75 Å². The Hall–Kier alpha value is -1.38. The fourth-order valence-electron chi connectivity index (χ4n) is 2.62. The number of benzene rings is 1. The minimum Gasteiger partial charge on any atom is -0.495 e. The van der Waals surface area contributed by atoms with Gasteiger partial charge in [-0.25, -0.2) is 0 Å². The van der Waals surface area contributed by atoms with E-state index in [-0.39, 0.29) is 0 Å². The van der Waals surface area contributed by atoms with Gasteiger partial charge in [-0.05, 0) is 25.0 Å². The summed E-state index contributed by atoms with van der Waals surface area (Å²) < 4.78 is 5.42. The molecule has 3 nitrogen and oxygen atoms in total. The van der Waals surface area contributed by atoms with Crippen molar-refractivity contribution in [1.82, 2.24) is 0 Å². The van der Waals surface area contributed by atoms with Crippen LogP contribution in [0.25, 0.3) is 0 Å². The molecule has 3 rings (SSSR count). The Bertz CT molecular complexity index is 412. The lowest BCUT2D eigenvalue weighted by atomic mass is 10.1. The van der Waals surface area contributed by atoms with Crippen molar-refractivity contribution in [3.63, 3.8) is 0 Å². The molecule has 1 N–H and O–H groups in total. The Morgan fingerprint density at radius 2 is 2.19 bits per heavy atom. The van der Waals surface area contributed by atoms with Crippen LogP contribution >= 0.6 is 0 Å². The number of nitrogens with one attached hydrogen (secondary N) is 1. The average Bonchev–Trinajstić information content (AvgIpc) is 3.07. The topological polar surface area (TPSA) is 24.5 Å². The smallest absolute Gasteiger partial charge is 0.144 e. The van der Waals surface area contributed by atoms with Gasteiger partial charge in [0.2, 0.25) is 0 Å². The van der Waals surface area contributed by atoms with Crippen molar-refractivity contribution in [2.75, 3.05) is 37.5 Å². The lowest BCUT2D eigenvalue weighted by Gasteiger charge is -2.22. The molecule has 0 amide bonds. The standard InChI is InChI=1S/C13H18N2O/c1-15-9-13(6-7-13)8-14-12-10(15)4-3-5-11(12)16-2/h3-5,14H,6-9H2,1-2H3. The van der Waals surface area contributed by atoms with Gasteiger partial charge >= 0.3 is 0 Å². The zero-order valence-corrected chi connectivity index (χ0v) is 9.92. The Labute approximate surface area is 96.4 Å². The highest BCUT2D eigenvalue weighted by atomic mass is 16.5. The molecular formula is C13H18N2O. The zero-order valence-electron chi connectivity index (χ0n) is 9.92. The van der Waals surface area contributed by atoms with Crippen LogP contribution in [0.15, 0.2) is 18.2 Å². The van der Waals surface area contributed by atoms with Gasteiger partial charge in [-0.15, -0.1) is 0 Å². The predicted octanol–water partition coefficient (Wildman–Crippen LogP) is 2.34. The number of nitrogens with zero attached hydrogens (tertiary/aromatic N) is 1. The summed E-state index contributed by atoms with van der Waals surface area (Å²) >= 11 is 0. The molecule has 1 fully saturated rings. The third-order valence-electron chi connectivity index (χ3n) is 3.81. The SMILES string of the molecule is COc1cccc2c1NCC1(CC1)CN2C. The van der Waals surface area contributed by atoms with E-state index in [2.05, 4.69) is 29.4 Å². The second kappa shape index (κ2) is 3.30. The molecule has 86 valence electrons. The number of hydrogen-bond donors (Lipinski definition) is 1. The maximum atomic E-state index is 5.42. The second-order valence-electron chi connectivity index (χ2n) is 5.06. The Morgan fingerprint density at radius 3 is 2.88 bits per heavy atom. The molecular weight excluding hydrogens is 200 g/mol. The quantitative estimate of drug-likeness (QED) is 0.783. The zero-order chi connectivity index (χ0) is 11.2. The number of ether oxygens (including phenoxy) is 1. The fourth-order valence-corrected chi connectivity index (χ4v) is 2.62. The van der Waals surface area contributed by atoms with Gasteiger partial charge in [0.25, 0.3) is 0 Å². The maximum Gasteiger partial charge on any atom is 0.144 e. The normalized spacial score (nSPS) is 21.0. The first-order valence-electron chi connectivity index (χ1n) is 5.86. The molecule has 16 heavy (non-hydrogen) atoms. The summed E-state index contributed by atoms with van der Waals surface area (Å²) in [5.41, 5.74) is 2.91. The Balaban J connectivity index is 2.02. The molecule has 0 bridgehead atoms. The van der Waals surface area contributed by atoms with Crippen LogP contribution in [0.1, 0.15) is 12.8 Å². The molecule has 1 aromatic carbocycles. The third-order valence-corrected chi connectivity index (χ3v) is 3.81. The van der Waals surface area contributed by atoms with Gasteiger partial charge in [0.05, 0.1) is 12.8 Å². The minimum absolute atomic E-state index is 0.513. The highest BCUT2D eigenvalue weighted by molar-refractivity contribution is 5.77. The van der Waals surface area contributed by atoms with Crippen LogP contribution in [0, 0.1) is 5.41 Å². The lowest BCUT2D eigenvalue weighted by molar-refractivity contribution is 0.416. The number of methoxy groups -OCH3 is 1. The van der Waals surface area contributed by atoms with Crippen molar-refractivity contribution in [2.24, 2.45) is 5.41 Å². The van der Waals surface area contributed by atoms with E-state index in [0.29, 0.717) is 5.41 Å². The van der Waals surface area contributed by atoms with Crippen LogP contribution in [0.3, 0.4) is 0 Å². The van der Waals surface area contributed by atoms with E-state index in [9.17, 15) is 0 Å². The van der Waals surface area contributed by atoms with Gasteiger partial charge in [0, 0.05) is 25.6 Å². The van der Waals surface area contributed by atoms with Gasteiger partial charge < -0.3 is 15.0 Å². The molecule has 1 heterocycles. The molecule has 0 radical (unpaired) electrons. The molecule has 1 saturated carbocycles. The molecule has 1 spiro atoms. The highest BCUT2D eigenvalue weighted by Gasteiger charge is 2.45. The molecule has 0 atom stereocenters. The minimum atomic E-state index is 0.513. The Morgan fingerprint density at radius 1 is 1.38 bits per heavy atom. The number of anilines is 2. The summed E-state index contributed by atoms with van der Waals surface area (Å²) in [5.74, 6) is 0.946. The Kier molecular flexibility index (Phi) is 2.03. The van der Waals surface area contributed by atoms with Crippen molar-refractivity contribution in [3.8, 4) is 5.75 Å². The van der Waals surface area contributed by atoms with Gasteiger partial charge in [-0.3, -0.25) is 0 Å². The van der Waals surface area contributed by atoms with Crippen molar-refractivity contribution in [2.45, 2.75) is 12.8 Å². The summed E-state index contributed by atoms with van der Waals surface area (Å²) in [4.78, 5) is 2.35. The van der Waals surface area contributed by atoms with E-state index in [0.717, 1.165) is 24.5 Å². The molecule has 0 saturated heterocycles. The van der Waals surface area contributed by atoms with Crippen LogP contribution in [-0.4, -0.2) is 27.2 Å². The lowest BCUT2D eigenvalue weighted by Crippen LogP contribution is -2.27. The van der Waals surface area contributed by atoms with E-state index in [1.54, 1.807) is 7.11 Å². The summed E-state index contributed by atoms with van der Waals surface area (Å²) in [6.45, 7) is 2.23. The van der Waals surface area contributed by atoms with Gasteiger partial charge in [-0.1, -0.05) is 6.07 Å². The van der Waals surface area contributed by atoms with Gasteiger partial charge in [0.15, 0.2) is 0 Å². The molecule has 3 heteroatoms. The second-order valence-corrected chi connectivity index (χ2v) is 5.06. The van der Waals surface area contributed by atoms with E-state index >= 15 is 0 Å². The number of fused-ring (bicyclic) bond motifs is 1. The van der Waals surface area contributed by atoms with Crippen LogP contribution in [0.2, 0.25) is 0 Å². The molecule has 1 aliphatic heterocycles. The first kappa shape index (κ1) is 9.82. The molecule has 1 aliphatic carbocycles. The van der Waals surface area contributed by atoms with Crippen LogP contribution < -0.4 is 15.0 Å². The highest BCUT2D eigenvalue weighted by Crippen LogP contribution is 2.50. The van der Waals surface area contributed by atoms with Gasteiger partial charge in [-0.2, -0.15) is 0 Å². The van der Waals surface area contributed by atoms with E-state index in [1.807, 2.05) is 6.07 Å². The number of hydrogen-bond acceptors (Lipinski definition) is 3. The molecule has 2 aliphatic rings. The van der Waals surface area contributed by atoms with E-state index in [1.165, 1.54) is 18.5 Å². The van der Waals surface area contributed by atoms with Crippen LogP contribution in [0.4, 0.5) is 11.4 Å². The molecule has 0 aromatic heterocycles. The van der Waals surface area contributed by atoms with Gasteiger partial charge in [0.1, 0.15) is 11.4 Å². The molecule has 0 unspecified atom stereocenters. The summed E-state index contributed by atoms with van der Waals surface area (Å²) in [6, 6.07) is 6.23. The number of para-hydroxylation sites is 1.